The normalized spacial score (nSPS) is 22.8. The minimum Gasteiger partial charge on any atom is -0.376 e. The minimum absolute atomic E-state index is 0.206. The summed E-state index contributed by atoms with van der Waals surface area (Å²) >= 11 is 0. The van der Waals surface area contributed by atoms with Crippen molar-refractivity contribution in [2.75, 3.05) is 31.1 Å². The zero-order valence-corrected chi connectivity index (χ0v) is 14.1. The molecule has 2 N–H and O–H groups in total. The van der Waals surface area contributed by atoms with Crippen molar-refractivity contribution in [1.29, 1.82) is 0 Å². The van der Waals surface area contributed by atoms with Crippen LogP contribution in [0, 0.1) is 6.92 Å². The molecule has 0 saturated carbocycles. The van der Waals surface area contributed by atoms with E-state index in [9.17, 15) is 4.39 Å². The van der Waals surface area contributed by atoms with Crippen molar-refractivity contribution in [3.63, 3.8) is 0 Å². The second-order valence-corrected chi connectivity index (χ2v) is 6.50. The van der Waals surface area contributed by atoms with Gasteiger partial charge in [-0.25, -0.2) is 4.39 Å². The summed E-state index contributed by atoms with van der Waals surface area (Å²) in [4.78, 5) is 6.48. The van der Waals surface area contributed by atoms with Crippen molar-refractivity contribution in [3.8, 4) is 0 Å². The molecule has 0 aromatic heterocycles. The van der Waals surface area contributed by atoms with Gasteiger partial charge in [0.25, 0.3) is 0 Å². The zero-order valence-electron chi connectivity index (χ0n) is 14.1. The number of alkyl halides is 1. The quantitative estimate of drug-likeness (QED) is 0.512. The average molecular weight is 332 g/mol. The first-order valence-electron chi connectivity index (χ1n) is 8.56. The predicted octanol–water partition coefficient (Wildman–Crippen LogP) is 2.46. The average Bonchev–Trinajstić information content (AvgIpc) is 2.57. The van der Waals surface area contributed by atoms with E-state index >= 15 is 0 Å². The molecule has 1 unspecified atom stereocenters. The molecule has 6 heteroatoms. The fourth-order valence-electron chi connectivity index (χ4n) is 3.15. The van der Waals surface area contributed by atoms with Gasteiger partial charge in [-0.15, -0.1) is 0 Å². The Kier molecular flexibility index (Phi) is 5.45. The fraction of sp³-hybridized carbons (Fsp3) is 0.556. The second kappa shape index (κ2) is 7.75. The van der Waals surface area contributed by atoms with Gasteiger partial charge in [-0.3, -0.25) is 4.99 Å². The highest BCUT2D eigenvalue weighted by molar-refractivity contribution is 6.38. The molecule has 0 spiro atoms. The van der Waals surface area contributed by atoms with Gasteiger partial charge in [-0.05, 0) is 43.9 Å². The molecule has 2 heterocycles. The molecule has 1 atom stereocenters. The molecular weight excluding hydrogens is 307 g/mol. The van der Waals surface area contributed by atoms with Crippen LogP contribution in [0.4, 0.5) is 10.1 Å². The Balaban J connectivity index is 1.64. The third kappa shape index (κ3) is 3.93. The van der Waals surface area contributed by atoms with Crippen molar-refractivity contribution in [3.05, 3.63) is 29.3 Å². The molecule has 2 saturated heterocycles. The Morgan fingerprint density at radius 3 is 2.88 bits per heavy atom. The maximum Gasteiger partial charge on any atom is 0.135 e. The fourth-order valence-corrected chi connectivity index (χ4v) is 3.15. The Hall–Kier alpha value is -1.95. The van der Waals surface area contributed by atoms with Crippen LogP contribution < -0.4 is 10.7 Å². The van der Waals surface area contributed by atoms with E-state index in [1.165, 1.54) is 6.42 Å². The van der Waals surface area contributed by atoms with Crippen LogP contribution in [0.1, 0.15) is 30.4 Å². The van der Waals surface area contributed by atoms with Crippen molar-refractivity contribution in [1.82, 2.24) is 0 Å². The van der Waals surface area contributed by atoms with Gasteiger partial charge in [0, 0.05) is 24.1 Å². The van der Waals surface area contributed by atoms with E-state index in [0.717, 1.165) is 36.3 Å². The Morgan fingerprint density at radius 2 is 2.25 bits per heavy atom. The number of anilines is 1. The van der Waals surface area contributed by atoms with Crippen LogP contribution in [0.5, 0.6) is 0 Å². The van der Waals surface area contributed by atoms with E-state index < -0.39 is 6.17 Å². The van der Waals surface area contributed by atoms with Gasteiger partial charge in [0.15, 0.2) is 0 Å². The van der Waals surface area contributed by atoms with Crippen molar-refractivity contribution in [2.24, 2.45) is 15.9 Å². The number of aryl methyl sites for hydroxylation is 1. The Morgan fingerprint density at radius 1 is 1.42 bits per heavy atom. The van der Waals surface area contributed by atoms with Crippen LogP contribution in [0.2, 0.25) is 0 Å². The summed E-state index contributed by atoms with van der Waals surface area (Å²) in [6, 6.07) is 6.01. The predicted molar refractivity (Wildman–Crippen MR) is 96.0 cm³/mol. The van der Waals surface area contributed by atoms with E-state index in [0.29, 0.717) is 25.3 Å². The lowest BCUT2D eigenvalue weighted by Crippen LogP contribution is -2.48. The first kappa shape index (κ1) is 16.9. The number of halogens is 1. The number of benzene rings is 1. The summed E-state index contributed by atoms with van der Waals surface area (Å²) in [5.41, 5.74) is 3.70. The molecule has 2 aliphatic rings. The summed E-state index contributed by atoms with van der Waals surface area (Å²) in [5, 5.41) is 3.88. The lowest BCUT2D eigenvalue weighted by Gasteiger charge is -2.36. The zero-order chi connectivity index (χ0) is 16.9. The number of nitrogens with two attached hydrogens (primary N) is 1. The van der Waals surface area contributed by atoms with E-state index in [2.05, 4.69) is 10.1 Å². The topological polar surface area (TPSA) is 63.2 Å². The first-order chi connectivity index (χ1) is 11.7. The second-order valence-electron chi connectivity index (χ2n) is 6.50. The molecular formula is C18H25FN4O. The van der Waals surface area contributed by atoms with Gasteiger partial charge < -0.3 is 15.5 Å². The van der Waals surface area contributed by atoms with E-state index in [1.807, 2.05) is 30.0 Å². The minimum atomic E-state index is -0.708. The van der Waals surface area contributed by atoms with Gasteiger partial charge in [0.05, 0.1) is 25.7 Å². The molecule has 1 aromatic rings. The molecule has 3 rings (SSSR count). The molecule has 2 aliphatic heterocycles. The standard InChI is InChI=1S/C18H25FN4O/c1-13-8-15(23-11-14(19)12-23)5-6-17(13)18(22-20)10-21-9-16-4-2-3-7-24-16/h5-6,8,10,14,16H,2-4,7,9,11-12,20H2,1H3/b21-10?,22-18+. The summed E-state index contributed by atoms with van der Waals surface area (Å²) in [7, 11) is 0. The molecule has 1 aromatic carbocycles. The highest BCUT2D eigenvalue weighted by atomic mass is 19.1. The molecule has 130 valence electrons. The molecule has 0 amide bonds. The first-order valence-corrected chi connectivity index (χ1v) is 8.56. The third-order valence-electron chi connectivity index (χ3n) is 4.62. The van der Waals surface area contributed by atoms with Crippen LogP contribution in [0.3, 0.4) is 0 Å². The summed E-state index contributed by atoms with van der Waals surface area (Å²) in [5.74, 6) is 5.55. The lowest BCUT2D eigenvalue weighted by molar-refractivity contribution is 0.0226. The van der Waals surface area contributed by atoms with Gasteiger partial charge in [-0.1, -0.05) is 6.07 Å². The number of hydrogen-bond donors (Lipinski definition) is 1. The van der Waals surface area contributed by atoms with Gasteiger partial charge in [0.1, 0.15) is 11.9 Å². The van der Waals surface area contributed by atoms with Crippen LogP contribution in [0.25, 0.3) is 0 Å². The van der Waals surface area contributed by atoms with Crippen LogP contribution in [0.15, 0.2) is 28.3 Å². The maximum atomic E-state index is 13.0. The number of aliphatic imine (C=N–C) groups is 1. The third-order valence-corrected chi connectivity index (χ3v) is 4.62. The largest absolute Gasteiger partial charge is 0.376 e. The SMILES string of the molecule is Cc1cc(N2CC(F)C2)ccc1/C(C=NCC1CCCCO1)=N/N. The highest BCUT2D eigenvalue weighted by Gasteiger charge is 2.26. The van der Waals surface area contributed by atoms with Crippen LogP contribution in [-0.4, -0.2) is 50.4 Å². The molecule has 0 bridgehead atoms. The highest BCUT2D eigenvalue weighted by Crippen LogP contribution is 2.25. The van der Waals surface area contributed by atoms with E-state index in [4.69, 9.17) is 10.6 Å². The van der Waals surface area contributed by atoms with Crippen molar-refractivity contribution >= 4 is 17.6 Å². The van der Waals surface area contributed by atoms with Gasteiger partial charge in [0.2, 0.25) is 0 Å². The summed E-state index contributed by atoms with van der Waals surface area (Å²) < 4.78 is 18.7. The monoisotopic (exact) mass is 332 g/mol. The molecule has 0 aliphatic carbocycles. The van der Waals surface area contributed by atoms with Gasteiger partial charge in [-0.2, -0.15) is 5.10 Å². The lowest BCUT2D eigenvalue weighted by atomic mass is 10.0. The van der Waals surface area contributed by atoms with E-state index in [1.54, 1.807) is 6.21 Å². The summed E-state index contributed by atoms with van der Waals surface area (Å²) in [6.07, 6.45) is 4.63. The Bertz CT molecular complexity index is 619. The van der Waals surface area contributed by atoms with Crippen molar-refractivity contribution in [2.45, 2.75) is 38.5 Å². The number of nitrogens with zero attached hydrogens (tertiary/aromatic N) is 3. The molecule has 24 heavy (non-hydrogen) atoms. The van der Waals surface area contributed by atoms with Crippen LogP contribution >= 0.6 is 0 Å². The number of hydrogen-bond acceptors (Lipinski definition) is 5. The number of rotatable bonds is 5. The van der Waals surface area contributed by atoms with Gasteiger partial charge >= 0.3 is 0 Å². The van der Waals surface area contributed by atoms with Crippen molar-refractivity contribution < 1.29 is 9.13 Å². The smallest absolute Gasteiger partial charge is 0.135 e. The van der Waals surface area contributed by atoms with E-state index in [-0.39, 0.29) is 6.10 Å². The number of hydrazone groups is 1. The maximum absolute atomic E-state index is 13.0. The van der Waals surface area contributed by atoms with Crippen LogP contribution in [-0.2, 0) is 4.74 Å². The molecule has 0 radical (unpaired) electrons. The molecule has 2 fully saturated rings. The number of ether oxygens (including phenoxy) is 1. The molecule has 5 nitrogen and oxygen atoms in total. The Labute approximate surface area is 142 Å². The summed E-state index contributed by atoms with van der Waals surface area (Å²) in [6.45, 7) is 4.42.